The predicted octanol–water partition coefficient (Wildman–Crippen LogP) is 2.98. The molecule has 1 aromatic heterocycles. The Morgan fingerprint density at radius 2 is 1.94 bits per heavy atom. The van der Waals surface area contributed by atoms with E-state index in [9.17, 15) is 0 Å². The van der Waals surface area contributed by atoms with Crippen molar-refractivity contribution in [1.82, 2.24) is 9.88 Å². The van der Waals surface area contributed by atoms with Gasteiger partial charge in [-0.1, -0.05) is 12.2 Å². The zero-order valence-electron chi connectivity index (χ0n) is 9.85. The Kier molecular flexibility index (Phi) is 6.42. The summed E-state index contributed by atoms with van der Waals surface area (Å²) in [5.74, 6) is 1.93. The van der Waals surface area contributed by atoms with Crippen LogP contribution in [0, 0.1) is 0 Å². The summed E-state index contributed by atoms with van der Waals surface area (Å²) in [6.07, 6.45) is 3.66. The zero-order chi connectivity index (χ0) is 11.8. The number of pyridine rings is 1. The first-order valence-corrected chi connectivity index (χ1v) is 7.08. The summed E-state index contributed by atoms with van der Waals surface area (Å²) in [5.41, 5.74) is 1.31. The van der Waals surface area contributed by atoms with Gasteiger partial charge in [0.2, 0.25) is 0 Å². The average molecular weight is 254 g/mol. The third kappa shape index (κ3) is 4.49. The SMILES string of the molecule is CCN(CC)C(=S)CSCc1ccncc1. The van der Waals surface area contributed by atoms with Gasteiger partial charge < -0.3 is 4.90 Å². The van der Waals surface area contributed by atoms with Crippen molar-refractivity contribution in [2.45, 2.75) is 19.6 Å². The Hall–Kier alpha value is -0.610. The number of thiocarbonyl (C=S) groups is 1. The minimum atomic E-state index is 0.930. The van der Waals surface area contributed by atoms with Gasteiger partial charge in [0.1, 0.15) is 0 Å². The maximum atomic E-state index is 5.38. The van der Waals surface area contributed by atoms with Gasteiger partial charge in [-0.3, -0.25) is 4.98 Å². The van der Waals surface area contributed by atoms with Gasteiger partial charge >= 0.3 is 0 Å². The van der Waals surface area contributed by atoms with E-state index in [1.807, 2.05) is 36.3 Å². The van der Waals surface area contributed by atoms with Crippen LogP contribution in [-0.2, 0) is 5.75 Å². The van der Waals surface area contributed by atoms with Gasteiger partial charge in [-0.05, 0) is 31.5 Å². The predicted molar refractivity (Wildman–Crippen MR) is 75.9 cm³/mol. The van der Waals surface area contributed by atoms with E-state index in [-0.39, 0.29) is 0 Å². The van der Waals surface area contributed by atoms with E-state index < -0.39 is 0 Å². The van der Waals surface area contributed by atoms with Crippen LogP contribution in [0.2, 0.25) is 0 Å². The van der Waals surface area contributed by atoms with Gasteiger partial charge in [0.25, 0.3) is 0 Å². The molecule has 0 amide bonds. The Bertz CT molecular complexity index is 310. The monoisotopic (exact) mass is 254 g/mol. The number of thioether (sulfide) groups is 1. The van der Waals surface area contributed by atoms with Gasteiger partial charge in [0.15, 0.2) is 0 Å². The van der Waals surface area contributed by atoms with Crippen LogP contribution < -0.4 is 0 Å². The summed E-state index contributed by atoms with van der Waals surface area (Å²) in [5, 5.41) is 0. The number of nitrogens with zero attached hydrogens (tertiary/aromatic N) is 2. The van der Waals surface area contributed by atoms with Gasteiger partial charge in [-0.2, -0.15) is 0 Å². The second kappa shape index (κ2) is 7.63. The van der Waals surface area contributed by atoms with Gasteiger partial charge in [-0.25, -0.2) is 0 Å². The largest absolute Gasteiger partial charge is 0.366 e. The van der Waals surface area contributed by atoms with Crippen molar-refractivity contribution in [3.8, 4) is 0 Å². The molecule has 88 valence electrons. The molecule has 0 fully saturated rings. The molecule has 16 heavy (non-hydrogen) atoms. The van der Waals surface area contributed by atoms with Gasteiger partial charge in [0, 0.05) is 37.0 Å². The molecule has 2 nitrogen and oxygen atoms in total. The first kappa shape index (κ1) is 13.5. The maximum absolute atomic E-state index is 5.38. The average Bonchev–Trinajstić information content (AvgIpc) is 2.32. The normalized spacial score (nSPS) is 10.1. The van der Waals surface area contributed by atoms with Crippen LogP contribution in [0.3, 0.4) is 0 Å². The minimum Gasteiger partial charge on any atom is -0.366 e. The van der Waals surface area contributed by atoms with E-state index in [1.54, 1.807) is 0 Å². The smallest absolute Gasteiger partial charge is 0.0879 e. The van der Waals surface area contributed by atoms with Crippen molar-refractivity contribution in [1.29, 1.82) is 0 Å². The summed E-state index contributed by atoms with van der Waals surface area (Å²) < 4.78 is 0. The number of rotatable bonds is 6. The lowest BCUT2D eigenvalue weighted by atomic mass is 10.3. The van der Waals surface area contributed by atoms with Gasteiger partial charge in [-0.15, -0.1) is 11.8 Å². The highest BCUT2D eigenvalue weighted by Crippen LogP contribution is 2.12. The first-order valence-electron chi connectivity index (χ1n) is 5.52. The Balaban J connectivity index is 2.28. The molecule has 1 aromatic rings. The third-order valence-electron chi connectivity index (χ3n) is 2.36. The second-order valence-corrected chi connectivity index (χ2v) is 4.87. The molecular formula is C12H18N2S2. The van der Waals surface area contributed by atoms with E-state index >= 15 is 0 Å². The highest BCUT2D eigenvalue weighted by molar-refractivity contribution is 8.00. The fourth-order valence-electron chi connectivity index (χ4n) is 1.40. The minimum absolute atomic E-state index is 0.930. The molecule has 1 heterocycles. The van der Waals surface area contributed by atoms with Crippen molar-refractivity contribution in [2.75, 3.05) is 18.8 Å². The van der Waals surface area contributed by atoms with E-state index in [0.717, 1.165) is 29.6 Å². The maximum Gasteiger partial charge on any atom is 0.0879 e. The highest BCUT2D eigenvalue weighted by Gasteiger charge is 2.04. The van der Waals surface area contributed by atoms with E-state index in [0.29, 0.717) is 0 Å². The molecular weight excluding hydrogens is 236 g/mol. The van der Waals surface area contributed by atoms with Gasteiger partial charge in [0.05, 0.1) is 4.99 Å². The second-order valence-electron chi connectivity index (χ2n) is 3.41. The van der Waals surface area contributed by atoms with E-state index in [4.69, 9.17) is 12.2 Å². The molecule has 0 N–H and O–H groups in total. The summed E-state index contributed by atoms with van der Waals surface area (Å²) >= 11 is 7.24. The topological polar surface area (TPSA) is 16.1 Å². The van der Waals surface area contributed by atoms with Crippen LogP contribution in [0.5, 0.6) is 0 Å². The van der Waals surface area contributed by atoms with E-state index in [1.165, 1.54) is 5.56 Å². The molecule has 0 aromatic carbocycles. The molecule has 0 saturated carbocycles. The van der Waals surface area contributed by atoms with Crippen molar-refractivity contribution in [3.63, 3.8) is 0 Å². The van der Waals surface area contributed by atoms with Crippen LogP contribution in [0.25, 0.3) is 0 Å². The lowest BCUT2D eigenvalue weighted by Crippen LogP contribution is -2.30. The van der Waals surface area contributed by atoms with Crippen LogP contribution in [-0.4, -0.2) is 33.7 Å². The Labute approximate surface area is 107 Å². The summed E-state index contributed by atoms with van der Waals surface area (Å²) in [4.78, 5) is 7.29. The van der Waals surface area contributed by atoms with Crippen molar-refractivity contribution in [3.05, 3.63) is 30.1 Å². The quantitative estimate of drug-likeness (QED) is 0.725. The molecule has 0 aliphatic heterocycles. The zero-order valence-corrected chi connectivity index (χ0v) is 11.5. The van der Waals surface area contributed by atoms with Crippen LogP contribution in [0.1, 0.15) is 19.4 Å². The molecule has 0 bridgehead atoms. The number of hydrogen-bond donors (Lipinski definition) is 0. The molecule has 0 unspecified atom stereocenters. The number of hydrogen-bond acceptors (Lipinski definition) is 3. The van der Waals surface area contributed by atoms with Crippen LogP contribution in [0.15, 0.2) is 24.5 Å². The first-order chi connectivity index (χ1) is 7.77. The molecule has 0 spiro atoms. The van der Waals surface area contributed by atoms with Crippen LogP contribution >= 0.6 is 24.0 Å². The van der Waals surface area contributed by atoms with Crippen LogP contribution in [0.4, 0.5) is 0 Å². The summed E-state index contributed by atoms with van der Waals surface area (Å²) in [7, 11) is 0. The summed E-state index contributed by atoms with van der Waals surface area (Å²) in [6.45, 7) is 6.29. The fourth-order valence-corrected chi connectivity index (χ4v) is 2.80. The molecule has 0 saturated heterocycles. The fraction of sp³-hybridized carbons (Fsp3) is 0.500. The van der Waals surface area contributed by atoms with E-state index in [2.05, 4.69) is 23.7 Å². The standard InChI is InChI=1S/C12H18N2S2/c1-3-14(4-2)12(15)10-16-9-11-5-7-13-8-6-11/h5-8H,3-4,9-10H2,1-2H3. The Morgan fingerprint density at radius 3 is 2.50 bits per heavy atom. The number of aromatic nitrogens is 1. The van der Waals surface area contributed by atoms with Crippen molar-refractivity contribution >= 4 is 29.0 Å². The highest BCUT2D eigenvalue weighted by atomic mass is 32.2. The molecule has 0 radical (unpaired) electrons. The molecule has 4 heteroatoms. The molecule has 1 rings (SSSR count). The molecule has 0 aliphatic rings. The lowest BCUT2D eigenvalue weighted by Gasteiger charge is -2.21. The van der Waals surface area contributed by atoms with Crippen molar-refractivity contribution in [2.24, 2.45) is 0 Å². The molecule has 0 atom stereocenters. The Morgan fingerprint density at radius 1 is 1.31 bits per heavy atom. The summed E-state index contributed by atoms with van der Waals surface area (Å²) in [6, 6.07) is 4.10. The molecule has 0 aliphatic carbocycles. The lowest BCUT2D eigenvalue weighted by molar-refractivity contribution is 0.472. The van der Waals surface area contributed by atoms with Crippen molar-refractivity contribution < 1.29 is 0 Å². The third-order valence-corrected chi connectivity index (χ3v) is 3.96.